The van der Waals surface area contributed by atoms with Crippen LogP contribution in [0.4, 0.5) is 0 Å². The van der Waals surface area contributed by atoms with Crippen LogP contribution in [0.25, 0.3) is 0 Å². The third kappa shape index (κ3) is 5.41. The lowest BCUT2D eigenvalue weighted by Gasteiger charge is -2.13. The second-order valence-electron chi connectivity index (χ2n) is 4.62. The predicted octanol–water partition coefficient (Wildman–Crippen LogP) is 1.62. The normalized spacial score (nSPS) is 11.9. The van der Waals surface area contributed by atoms with Gasteiger partial charge in [-0.1, -0.05) is 18.2 Å². The van der Waals surface area contributed by atoms with E-state index in [1.54, 1.807) is 13.3 Å². The first-order chi connectivity index (χ1) is 10.3. The molecule has 1 aromatic heterocycles. The van der Waals surface area contributed by atoms with Gasteiger partial charge in [-0.25, -0.2) is 4.98 Å². The Morgan fingerprint density at radius 3 is 2.81 bits per heavy atom. The van der Waals surface area contributed by atoms with Crippen LogP contribution in [0.3, 0.4) is 0 Å². The fourth-order valence-corrected chi connectivity index (χ4v) is 1.82. The van der Waals surface area contributed by atoms with Crippen LogP contribution in [-0.2, 0) is 6.54 Å². The molecule has 0 spiro atoms. The maximum Gasteiger partial charge on any atom is 0.213 e. The van der Waals surface area contributed by atoms with Gasteiger partial charge in [0.05, 0.1) is 7.11 Å². The van der Waals surface area contributed by atoms with Gasteiger partial charge in [0.15, 0.2) is 0 Å². The van der Waals surface area contributed by atoms with Crippen molar-refractivity contribution in [1.29, 1.82) is 0 Å². The molecule has 2 aromatic rings. The minimum Gasteiger partial charge on any atom is -0.491 e. The van der Waals surface area contributed by atoms with Crippen molar-refractivity contribution >= 4 is 0 Å². The van der Waals surface area contributed by atoms with E-state index in [1.807, 2.05) is 42.5 Å². The number of methoxy groups -OCH3 is 1. The second kappa shape index (κ2) is 8.24. The van der Waals surface area contributed by atoms with E-state index in [2.05, 4.69) is 10.3 Å². The van der Waals surface area contributed by atoms with Gasteiger partial charge in [-0.2, -0.15) is 0 Å². The number of aromatic nitrogens is 1. The highest BCUT2D eigenvalue weighted by Gasteiger charge is 2.05. The Labute approximate surface area is 124 Å². The molecule has 1 heterocycles. The van der Waals surface area contributed by atoms with Gasteiger partial charge in [-0.05, 0) is 23.8 Å². The maximum absolute atomic E-state index is 9.86. The van der Waals surface area contributed by atoms with Crippen molar-refractivity contribution < 1.29 is 14.6 Å². The second-order valence-corrected chi connectivity index (χ2v) is 4.62. The van der Waals surface area contributed by atoms with E-state index in [-0.39, 0.29) is 6.61 Å². The van der Waals surface area contributed by atoms with Crippen molar-refractivity contribution in [2.45, 2.75) is 12.6 Å². The van der Waals surface area contributed by atoms with Gasteiger partial charge in [0, 0.05) is 25.4 Å². The number of para-hydroxylation sites is 1. The quantitative estimate of drug-likeness (QED) is 0.773. The molecule has 0 aliphatic carbocycles. The van der Waals surface area contributed by atoms with Crippen molar-refractivity contribution in [3.05, 3.63) is 54.2 Å². The fraction of sp³-hybridized carbons (Fsp3) is 0.312. The van der Waals surface area contributed by atoms with Crippen LogP contribution < -0.4 is 14.8 Å². The molecule has 0 saturated carbocycles. The monoisotopic (exact) mass is 288 g/mol. The van der Waals surface area contributed by atoms with Crippen LogP contribution in [0, 0.1) is 0 Å². The smallest absolute Gasteiger partial charge is 0.213 e. The summed E-state index contributed by atoms with van der Waals surface area (Å²) in [5.74, 6) is 1.35. The molecule has 0 fully saturated rings. The molecule has 1 unspecified atom stereocenters. The lowest BCUT2D eigenvalue weighted by atomic mass is 10.2. The molecule has 0 radical (unpaired) electrons. The van der Waals surface area contributed by atoms with Crippen molar-refractivity contribution in [1.82, 2.24) is 10.3 Å². The third-order valence-electron chi connectivity index (χ3n) is 2.90. The largest absolute Gasteiger partial charge is 0.491 e. The molecule has 2 N–H and O–H groups in total. The molecule has 2 rings (SSSR count). The van der Waals surface area contributed by atoms with Crippen LogP contribution in [0.15, 0.2) is 48.7 Å². The molecular formula is C16H20N2O3. The summed E-state index contributed by atoms with van der Waals surface area (Å²) in [7, 11) is 1.59. The topological polar surface area (TPSA) is 63.6 Å². The first-order valence-electron chi connectivity index (χ1n) is 6.83. The zero-order valence-electron chi connectivity index (χ0n) is 12.0. The third-order valence-corrected chi connectivity index (χ3v) is 2.90. The molecule has 0 aliphatic rings. The summed E-state index contributed by atoms with van der Waals surface area (Å²) in [5, 5.41) is 13.0. The summed E-state index contributed by atoms with van der Waals surface area (Å²) in [5.41, 5.74) is 1.05. The molecule has 5 nitrogen and oxygen atoms in total. The average Bonchev–Trinajstić information content (AvgIpc) is 2.54. The Morgan fingerprint density at radius 2 is 2.05 bits per heavy atom. The number of ether oxygens (including phenoxy) is 2. The Bertz CT molecular complexity index is 534. The number of benzene rings is 1. The number of hydrogen-bond acceptors (Lipinski definition) is 5. The van der Waals surface area contributed by atoms with Gasteiger partial charge < -0.3 is 19.9 Å². The lowest BCUT2D eigenvalue weighted by molar-refractivity contribution is 0.106. The van der Waals surface area contributed by atoms with E-state index in [9.17, 15) is 5.11 Å². The van der Waals surface area contributed by atoms with Gasteiger partial charge in [0.2, 0.25) is 5.88 Å². The summed E-state index contributed by atoms with van der Waals surface area (Å²) >= 11 is 0. The van der Waals surface area contributed by atoms with Gasteiger partial charge in [-0.15, -0.1) is 0 Å². The van der Waals surface area contributed by atoms with Crippen LogP contribution in [-0.4, -0.2) is 36.5 Å². The van der Waals surface area contributed by atoms with Crippen molar-refractivity contribution in [2.75, 3.05) is 20.3 Å². The number of hydrogen-bond donors (Lipinski definition) is 2. The summed E-state index contributed by atoms with van der Waals surface area (Å²) < 4.78 is 10.5. The van der Waals surface area contributed by atoms with Crippen LogP contribution >= 0.6 is 0 Å². The van der Waals surface area contributed by atoms with Crippen molar-refractivity contribution in [3.8, 4) is 11.6 Å². The summed E-state index contributed by atoms with van der Waals surface area (Å²) in [4.78, 5) is 4.04. The Morgan fingerprint density at radius 1 is 1.24 bits per heavy atom. The lowest BCUT2D eigenvalue weighted by Crippen LogP contribution is -2.31. The van der Waals surface area contributed by atoms with Crippen LogP contribution in [0.5, 0.6) is 11.6 Å². The summed E-state index contributed by atoms with van der Waals surface area (Å²) in [6.45, 7) is 1.36. The van der Waals surface area contributed by atoms with E-state index in [0.717, 1.165) is 11.3 Å². The van der Waals surface area contributed by atoms with E-state index < -0.39 is 6.10 Å². The average molecular weight is 288 g/mol. The van der Waals surface area contributed by atoms with Gasteiger partial charge in [-0.3, -0.25) is 0 Å². The molecule has 112 valence electrons. The van der Waals surface area contributed by atoms with Crippen LogP contribution in [0.2, 0.25) is 0 Å². The molecule has 0 amide bonds. The molecule has 5 heteroatoms. The van der Waals surface area contributed by atoms with Crippen molar-refractivity contribution in [3.63, 3.8) is 0 Å². The highest BCUT2D eigenvalue weighted by atomic mass is 16.5. The fourth-order valence-electron chi connectivity index (χ4n) is 1.82. The van der Waals surface area contributed by atoms with E-state index in [4.69, 9.17) is 9.47 Å². The van der Waals surface area contributed by atoms with Gasteiger partial charge >= 0.3 is 0 Å². The number of pyridine rings is 1. The molecule has 0 bridgehead atoms. The van der Waals surface area contributed by atoms with Crippen LogP contribution in [0.1, 0.15) is 5.56 Å². The standard InChI is InChI=1S/C16H20N2O3/c1-20-16-9-13(7-8-18-16)10-17-11-14(19)12-21-15-5-3-2-4-6-15/h2-9,14,17,19H,10-12H2,1H3. The molecule has 1 aromatic carbocycles. The molecule has 0 saturated heterocycles. The number of aliphatic hydroxyl groups excluding tert-OH is 1. The maximum atomic E-state index is 9.86. The zero-order chi connectivity index (χ0) is 14.9. The predicted molar refractivity (Wildman–Crippen MR) is 80.4 cm³/mol. The number of nitrogens with one attached hydrogen (secondary N) is 1. The Kier molecular flexibility index (Phi) is 5.99. The zero-order valence-corrected chi connectivity index (χ0v) is 12.0. The minimum atomic E-state index is -0.561. The van der Waals surface area contributed by atoms with Gasteiger partial charge in [0.1, 0.15) is 18.5 Å². The van der Waals surface area contributed by atoms with Gasteiger partial charge in [0.25, 0.3) is 0 Å². The minimum absolute atomic E-state index is 0.261. The van der Waals surface area contributed by atoms with Crippen molar-refractivity contribution in [2.24, 2.45) is 0 Å². The summed E-state index contributed by atoms with van der Waals surface area (Å²) in [6.07, 6.45) is 1.14. The molecule has 21 heavy (non-hydrogen) atoms. The Balaban J connectivity index is 1.68. The van der Waals surface area contributed by atoms with E-state index in [0.29, 0.717) is 19.0 Å². The SMILES string of the molecule is COc1cc(CNCC(O)COc2ccccc2)ccn1. The highest BCUT2D eigenvalue weighted by Crippen LogP contribution is 2.09. The molecular weight excluding hydrogens is 268 g/mol. The Hall–Kier alpha value is -2.11. The van der Waals surface area contributed by atoms with E-state index in [1.165, 1.54) is 0 Å². The number of rotatable bonds is 8. The highest BCUT2D eigenvalue weighted by molar-refractivity contribution is 5.21. The summed E-state index contributed by atoms with van der Waals surface area (Å²) in [6, 6.07) is 13.2. The first-order valence-corrected chi connectivity index (χ1v) is 6.83. The number of aliphatic hydroxyl groups is 1. The first kappa shape index (κ1) is 15.3. The van der Waals surface area contributed by atoms with E-state index >= 15 is 0 Å². The molecule has 1 atom stereocenters. The molecule has 0 aliphatic heterocycles. The number of nitrogens with zero attached hydrogens (tertiary/aromatic N) is 1.